The fourth-order valence-electron chi connectivity index (χ4n) is 3.51. The highest BCUT2D eigenvalue weighted by Gasteiger charge is 2.39. The number of carbonyl (C=O) groups is 3. The average molecular weight is 526 g/mol. The zero-order valence-electron chi connectivity index (χ0n) is 19.5. The van der Waals surface area contributed by atoms with Crippen molar-refractivity contribution in [2.45, 2.75) is 6.92 Å². The lowest BCUT2D eigenvalue weighted by molar-refractivity contribution is -0.120. The fourth-order valence-corrected chi connectivity index (χ4v) is 3.90. The molecule has 0 spiro atoms. The highest BCUT2D eigenvalue weighted by Crippen LogP contribution is 2.33. The van der Waals surface area contributed by atoms with E-state index >= 15 is 0 Å². The molecule has 0 saturated carbocycles. The van der Waals surface area contributed by atoms with Gasteiger partial charge in [-0.15, -0.1) is 0 Å². The van der Waals surface area contributed by atoms with Crippen molar-refractivity contribution >= 4 is 58.0 Å². The molecule has 0 fully saturated rings. The van der Waals surface area contributed by atoms with Crippen molar-refractivity contribution in [3.8, 4) is 11.5 Å². The van der Waals surface area contributed by atoms with E-state index in [4.69, 9.17) is 32.7 Å². The van der Waals surface area contributed by atoms with Gasteiger partial charge in [0.2, 0.25) is 0 Å². The van der Waals surface area contributed by atoms with Crippen LogP contribution in [0.1, 0.15) is 15.9 Å². The summed E-state index contributed by atoms with van der Waals surface area (Å²) in [5, 5.41) is 5.85. The number of carbonyl (C=O) groups excluding carboxylic acids is 3. The van der Waals surface area contributed by atoms with E-state index in [1.165, 1.54) is 20.3 Å². The number of hydrogen-bond donors (Lipinski definition) is 2. The van der Waals surface area contributed by atoms with Gasteiger partial charge in [-0.1, -0.05) is 29.3 Å². The number of anilines is 3. The maximum atomic E-state index is 13.0. The Bertz CT molecular complexity index is 1400. The molecule has 184 valence electrons. The Morgan fingerprint density at radius 1 is 0.889 bits per heavy atom. The molecule has 3 aromatic rings. The molecule has 4 rings (SSSR count). The Morgan fingerprint density at radius 3 is 2.25 bits per heavy atom. The molecule has 36 heavy (non-hydrogen) atoms. The molecule has 1 aliphatic rings. The van der Waals surface area contributed by atoms with Gasteiger partial charge in [0.15, 0.2) is 0 Å². The molecular weight excluding hydrogens is 505 g/mol. The van der Waals surface area contributed by atoms with Crippen LogP contribution in [-0.4, -0.2) is 31.9 Å². The van der Waals surface area contributed by atoms with Crippen LogP contribution < -0.4 is 25.0 Å². The Morgan fingerprint density at radius 2 is 1.61 bits per heavy atom. The van der Waals surface area contributed by atoms with Crippen LogP contribution in [0.3, 0.4) is 0 Å². The van der Waals surface area contributed by atoms with Crippen LogP contribution in [0.15, 0.2) is 71.4 Å². The Hall–Kier alpha value is -4.01. The summed E-state index contributed by atoms with van der Waals surface area (Å²) in [5.41, 5.74) is 2.37. The van der Waals surface area contributed by atoms with Gasteiger partial charge in [0.25, 0.3) is 17.7 Å². The number of halogens is 2. The summed E-state index contributed by atoms with van der Waals surface area (Å²) in [4.78, 5) is 39.4. The molecule has 1 aliphatic heterocycles. The minimum atomic E-state index is -0.659. The first-order valence-corrected chi connectivity index (χ1v) is 11.4. The van der Waals surface area contributed by atoms with Crippen LogP contribution in [0.4, 0.5) is 17.1 Å². The zero-order chi connectivity index (χ0) is 26.0. The summed E-state index contributed by atoms with van der Waals surface area (Å²) < 4.78 is 10.5. The molecule has 3 aromatic carbocycles. The summed E-state index contributed by atoms with van der Waals surface area (Å²) in [7, 11) is 3.03. The maximum absolute atomic E-state index is 13.0. The second kappa shape index (κ2) is 10.3. The quantitative estimate of drug-likeness (QED) is 0.403. The highest BCUT2D eigenvalue weighted by atomic mass is 35.5. The Balaban J connectivity index is 1.48. The smallest absolute Gasteiger partial charge is 0.283 e. The summed E-state index contributed by atoms with van der Waals surface area (Å²) in [5.74, 6) is -0.590. The lowest BCUT2D eigenvalue weighted by Gasteiger charge is -2.16. The van der Waals surface area contributed by atoms with Crippen molar-refractivity contribution in [2.24, 2.45) is 0 Å². The lowest BCUT2D eigenvalue weighted by Crippen LogP contribution is -2.32. The minimum Gasteiger partial charge on any atom is -0.497 e. The maximum Gasteiger partial charge on any atom is 0.283 e. The van der Waals surface area contributed by atoms with E-state index in [2.05, 4.69) is 10.6 Å². The third-order valence-electron chi connectivity index (χ3n) is 5.51. The molecule has 0 bridgehead atoms. The Labute approximate surface area is 217 Å². The average Bonchev–Trinajstić information content (AvgIpc) is 3.09. The zero-order valence-corrected chi connectivity index (χ0v) is 21.0. The van der Waals surface area contributed by atoms with Gasteiger partial charge in [-0.3, -0.25) is 14.4 Å². The second-order valence-corrected chi connectivity index (χ2v) is 8.58. The third kappa shape index (κ3) is 4.86. The monoisotopic (exact) mass is 525 g/mol. The molecular formula is C26H21Cl2N3O5. The Kier molecular flexibility index (Phi) is 7.19. The molecule has 0 aromatic heterocycles. The van der Waals surface area contributed by atoms with E-state index in [0.29, 0.717) is 39.1 Å². The number of nitrogens with zero attached hydrogens (tertiary/aromatic N) is 1. The van der Waals surface area contributed by atoms with E-state index in [1.54, 1.807) is 54.6 Å². The topological polar surface area (TPSA) is 97.0 Å². The van der Waals surface area contributed by atoms with Crippen LogP contribution >= 0.6 is 23.2 Å². The van der Waals surface area contributed by atoms with E-state index in [0.717, 1.165) is 10.5 Å². The molecule has 0 aliphatic carbocycles. The first-order valence-electron chi connectivity index (χ1n) is 10.7. The van der Waals surface area contributed by atoms with Gasteiger partial charge >= 0.3 is 0 Å². The van der Waals surface area contributed by atoms with Crippen molar-refractivity contribution in [1.29, 1.82) is 0 Å². The van der Waals surface area contributed by atoms with E-state index in [9.17, 15) is 14.4 Å². The number of aryl methyl sites for hydroxylation is 1. The fraction of sp³-hybridized carbons (Fsp3) is 0.115. The van der Waals surface area contributed by atoms with E-state index < -0.39 is 11.8 Å². The van der Waals surface area contributed by atoms with Gasteiger partial charge in [0.05, 0.1) is 25.6 Å². The van der Waals surface area contributed by atoms with Crippen LogP contribution in [0.5, 0.6) is 11.5 Å². The van der Waals surface area contributed by atoms with E-state index in [-0.39, 0.29) is 16.6 Å². The van der Waals surface area contributed by atoms with Gasteiger partial charge in [-0.2, -0.15) is 0 Å². The predicted molar refractivity (Wildman–Crippen MR) is 139 cm³/mol. The number of hydrogen-bond acceptors (Lipinski definition) is 6. The van der Waals surface area contributed by atoms with Crippen LogP contribution in [0.2, 0.25) is 5.02 Å². The van der Waals surface area contributed by atoms with Crippen molar-refractivity contribution in [3.63, 3.8) is 0 Å². The van der Waals surface area contributed by atoms with E-state index in [1.807, 2.05) is 6.92 Å². The number of methoxy groups -OCH3 is 2. The SMILES string of the molecule is COc1ccc(NC(=O)c2ccc(NC3=C(Cl)C(=O)N(c4ccc(C)c(Cl)c4)C3=O)cc2)c(OC)c1. The van der Waals surface area contributed by atoms with Crippen LogP contribution in [-0.2, 0) is 9.59 Å². The minimum absolute atomic E-state index is 0.0708. The first kappa shape index (κ1) is 25.1. The van der Waals surface area contributed by atoms with Crippen molar-refractivity contribution in [1.82, 2.24) is 0 Å². The standard InChI is InChI=1S/C26H21Cl2N3O5/c1-14-4-9-17(12-19(14)27)31-25(33)22(28)23(26(31)34)29-16-7-5-15(6-8-16)24(32)30-20-11-10-18(35-2)13-21(20)36-3/h4-13,29H,1-3H3,(H,30,32). The molecule has 10 heteroatoms. The molecule has 2 N–H and O–H groups in total. The third-order valence-corrected chi connectivity index (χ3v) is 6.27. The number of amides is 3. The van der Waals surface area contributed by atoms with Gasteiger partial charge in [-0.05, 0) is 61.0 Å². The molecule has 0 radical (unpaired) electrons. The largest absolute Gasteiger partial charge is 0.497 e. The molecule has 3 amide bonds. The summed E-state index contributed by atoms with van der Waals surface area (Å²) in [6, 6.07) is 16.2. The van der Waals surface area contributed by atoms with Crippen LogP contribution in [0, 0.1) is 6.92 Å². The normalized spacial score (nSPS) is 13.2. The number of imide groups is 1. The summed E-state index contributed by atoms with van der Waals surface area (Å²) >= 11 is 12.4. The number of rotatable bonds is 7. The second-order valence-electron chi connectivity index (χ2n) is 7.79. The lowest BCUT2D eigenvalue weighted by atomic mass is 10.1. The number of nitrogens with one attached hydrogen (secondary N) is 2. The van der Waals surface area contributed by atoms with Gasteiger partial charge in [0.1, 0.15) is 22.2 Å². The summed E-state index contributed by atoms with van der Waals surface area (Å²) in [6.45, 7) is 1.81. The molecule has 8 nitrogen and oxygen atoms in total. The molecule has 0 unspecified atom stereocenters. The highest BCUT2D eigenvalue weighted by molar-refractivity contribution is 6.53. The number of ether oxygens (including phenoxy) is 2. The van der Waals surface area contributed by atoms with Crippen LogP contribution in [0.25, 0.3) is 0 Å². The predicted octanol–water partition coefficient (Wildman–Crippen LogP) is 5.35. The molecule has 0 saturated heterocycles. The molecule has 1 heterocycles. The van der Waals surface area contributed by atoms with Gasteiger partial charge in [-0.25, -0.2) is 4.90 Å². The van der Waals surface area contributed by atoms with Crippen molar-refractivity contribution in [3.05, 3.63) is 87.5 Å². The number of benzene rings is 3. The van der Waals surface area contributed by atoms with Crippen molar-refractivity contribution in [2.75, 3.05) is 29.8 Å². The first-order chi connectivity index (χ1) is 17.2. The van der Waals surface area contributed by atoms with Gasteiger partial charge < -0.3 is 20.1 Å². The van der Waals surface area contributed by atoms with Crippen molar-refractivity contribution < 1.29 is 23.9 Å². The summed E-state index contributed by atoms with van der Waals surface area (Å²) in [6.07, 6.45) is 0. The van der Waals surface area contributed by atoms with Gasteiger partial charge in [0, 0.05) is 22.3 Å². The molecule has 0 atom stereocenters.